The highest BCUT2D eigenvalue weighted by Crippen LogP contribution is 2.14. The lowest BCUT2D eigenvalue weighted by atomic mass is 10.00. The number of aliphatic carboxylic acids is 1. The Morgan fingerprint density at radius 2 is 1.13 bits per heavy atom. The van der Waals surface area contributed by atoms with Crippen LogP contribution < -0.4 is 38.1 Å². The van der Waals surface area contributed by atoms with Gasteiger partial charge < -0.3 is 53.4 Å². The van der Waals surface area contributed by atoms with Gasteiger partial charge in [-0.05, 0) is 67.7 Å². The van der Waals surface area contributed by atoms with Crippen molar-refractivity contribution < 1.29 is 48.9 Å². The predicted molar refractivity (Wildman–Crippen MR) is 194 cm³/mol. The number of nitrogens with one attached hydrogen (secondary N) is 5. The molecule has 52 heavy (non-hydrogen) atoms. The minimum Gasteiger partial charge on any atom is -0.508 e. The van der Waals surface area contributed by atoms with Gasteiger partial charge in [0.25, 0.3) is 0 Å². The molecule has 6 amide bonds. The summed E-state index contributed by atoms with van der Waals surface area (Å²) in [7, 11) is 0. The van der Waals surface area contributed by atoms with E-state index in [0.29, 0.717) is 11.3 Å². The van der Waals surface area contributed by atoms with E-state index in [1.807, 2.05) is 13.8 Å². The molecule has 12 N–H and O–H groups in total. The topological polar surface area (TPSA) is 292 Å². The molecule has 0 heterocycles. The number of carbonyl (C=O) groups excluding carboxylic acids is 6. The Kier molecular flexibility index (Phi) is 19.7. The fourth-order valence-corrected chi connectivity index (χ4v) is 5.44. The number of thioether (sulfide) groups is 1. The Hall–Kier alpha value is -4.42. The third-order valence-electron chi connectivity index (χ3n) is 7.78. The van der Waals surface area contributed by atoms with Gasteiger partial charge in [0.15, 0.2) is 0 Å². The van der Waals surface area contributed by atoms with Crippen LogP contribution in [0.3, 0.4) is 0 Å². The van der Waals surface area contributed by atoms with Crippen molar-refractivity contribution in [3.05, 3.63) is 29.8 Å². The van der Waals surface area contributed by atoms with E-state index in [1.54, 1.807) is 20.1 Å². The van der Waals surface area contributed by atoms with Crippen molar-refractivity contribution in [2.75, 3.05) is 12.0 Å². The molecule has 0 fully saturated rings. The number of amides is 6. The number of aromatic hydroxyl groups is 1. The number of aliphatic hydroxyl groups excluding tert-OH is 1. The summed E-state index contributed by atoms with van der Waals surface area (Å²) in [5.74, 6) is -6.19. The van der Waals surface area contributed by atoms with E-state index in [-0.39, 0.29) is 43.3 Å². The van der Waals surface area contributed by atoms with Crippen LogP contribution in [0.4, 0.5) is 0 Å². The first-order valence-electron chi connectivity index (χ1n) is 17.0. The molecule has 1 aromatic rings. The summed E-state index contributed by atoms with van der Waals surface area (Å²) in [5.41, 5.74) is 11.5. The molecule has 0 aromatic heterocycles. The number of carboxylic acids is 1. The van der Waals surface area contributed by atoms with Crippen LogP contribution in [0.1, 0.15) is 65.9 Å². The van der Waals surface area contributed by atoms with Crippen molar-refractivity contribution in [3.63, 3.8) is 0 Å². The zero-order chi connectivity index (χ0) is 39.7. The van der Waals surface area contributed by atoms with E-state index >= 15 is 0 Å². The number of phenols is 1. The minimum absolute atomic E-state index is 0.0383. The molecule has 0 saturated carbocycles. The van der Waals surface area contributed by atoms with Crippen LogP contribution in [0.2, 0.25) is 0 Å². The Labute approximate surface area is 308 Å². The molecule has 0 aliphatic carbocycles. The first-order valence-corrected chi connectivity index (χ1v) is 18.4. The highest BCUT2D eigenvalue weighted by atomic mass is 32.2. The summed E-state index contributed by atoms with van der Waals surface area (Å²) in [4.78, 5) is 90.5. The van der Waals surface area contributed by atoms with Crippen LogP contribution in [0.15, 0.2) is 24.3 Å². The molecule has 292 valence electrons. The number of phenolic OH excluding ortho intramolecular Hbond substituents is 1. The molecule has 0 aliphatic heterocycles. The number of carboxylic acid groups (broad SMARTS) is 1. The summed E-state index contributed by atoms with van der Waals surface area (Å²) < 4.78 is 0. The van der Waals surface area contributed by atoms with Gasteiger partial charge in [-0.25, -0.2) is 4.79 Å². The molecule has 17 nitrogen and oxygen atoms in total. The predicted octanol–water partition coefficient (Wildman–Crippen LogP) is -1.13. The Morgan fingerprint density at radius 3 is 1.63 bits per heavy atom. The van der Waals surface area contributed by atoms with Gasteiger partial charge in [0.2, 0.25) is 35.4 Å². The Balaban J connectivity index is 3.42. The second kappa shape index (κ2) is 22.5. The molecule has 1 aromatic carbocycles. The molecule has 7 atom stereocenters. The Morgan fingerprint density at radius 1 is 0.692 bits per heavy atom. The lowest BCUT2D eigenvalue weighted by Crippen LogP contribution is -2.60. The third-order valence-corrected chi connectivity index (χ3v) is 8.42. The zero-order valence-corrected chi connectivity index (χ0v) is 31.3. The second-order valence-electron chi connectivity index (χ2n) is 13.5. The van der Waals surface area contributed by atoms with Gasteiger partial charge in [-0.2, -0.15) is 11.8 Å². The summed E-state index contributed by atoms with van der Waals surface area (Å²) in [6, 6.07) is -2.10. The molecule has 0 spiro atoms. The van der Waals surface area contributed by atoms with Crippen molar-refractivity contribution >= 4 is 53.2 Å². The van der Waals surface area contributed by atoms with Gasteiger partial charge in [0.05, 0.1) is 12.5 Å². The van der Waals surface area contributed by atoms with E-state index in [1.165, 1.54) is 43.0 Å². The summed E-state index contributed by atoms with van der Waals surface area (Å²) in [6.45, 7) is 8.42. The lowest BCUT2D eigenvalue weighted by Gasteiger charge is -2.28. The number of primary amides is 1. The first-order chi connectivity index (χ1) is 24.2. The van der Waals surface area contributed by atoms with Crippen molar-refractivity contribution in [2.24, 2.45) is 23.3 Å². The molecule has 0 saturated heterocycles. The first kappa shape index (κ1) is 45.6. The molecule has 0 aliphatic rings. The van der Waals surface area contributed by atoms with Gasteiger partial charge in [0.1, 0.15) is 42.0 Å². The number of hydrogen-bond donors (Lipinski definition) is 10. The largest absolute Gasteiger partial charge is 0.508 e. The highest BCUT2D eigenvalue weighted by molar-refractivity contribution is 7.98. The van der Waals surface area contributed by atoms with Crippen molar-refractivity contribution in [1.82, 2.24) is 26.6 Å². The highest BCUT2D eigenvalue weighted by Gasteiger charge is 2.34. The summed E-state index contributed by atoms with van der Waals surface area (Å²) in [6.07, 6.45) is 0.118. The average Bonchev–Trinajstić information content (AvgIpc) is 3.04. The summed E-state index contributed by atoms with van der Waals surface area (Å²) in [5, 5.41) is 41.7. The molecule has 18 heteroatoms. The molecular weight excluding hydrogens is 698 g/mol. The van der Waals surface area contributed by atoms with E-state index in [0.717, 1.165) is 0 Å². The van der Waals surface area contributed by atoms with Gasteiger partial charge in [-0.15, -0.1) is 0 Å². The summed E-state index contributed by atoms with van der Waals surface area (Å²) >= 11 is 1.40. The molecular formula is C34H55N7O10S. The smallest absolute Gasteiger partial charge is 0.326 e. The Bertz CT molecular complexity index is 1380. The number of carbonyl (C=O) groups is 7. The van der Waals surface area contributed by atoms with Crippen molar-refractivity contribution in [3.8, 4) is 5.75 Å². The number of aliphatic hydroxyl groups is 1. The third kappa shape index (κ3) is 16.7. The van der Waals surface area contributed by atoms with Crippen molar-refractivity contribution in [1.29, 1.82) is 0 Å². The zero-order valence-electron chi connectivity index (χ0n) is 30.5. The van der Waals surface area contributed by atoms with E-state index in [2.05, 4.69) is 26.6 Å². The van der Waals surface area contributed by atoms with Crippen LogP contribution in [0.5, 0.6) is 5.75 Å². The monoisotopic (exact) mass is 753 g/mol. The van der Waals surface area contributed by atoms with Crippen LogP contribution in [-0.2, 0) is 40.0 Å². The van der Waals surface area contributed by atoms with Gasteiger partial charge in [0, 0.05) is 6.42 Å². The van der Waals surface area contributed by atoms with Gasteiger partial charge >= 0.3 is 5.97 Å². The standard InChI is InChI=1S/C34H55N7O10S/c1-17(2)13-23(38-32(48)25(16-27(35)44)40-33(49)28(36)19(5)42)30(46)39-24(15-20-7-9-21(43)10-8-20)31(47)37-22(11-12-52-6)29(45)41-26(34(50)51)14-18(3)4/h7-10,17-19,22-26,28,42-43H,11-16,36H2,1-6H3,(H2,35,44)(H,37,47)(H,38,48)(H,39,46)(H,40,49)(H,41,45)(H,50,51)/t19-,22+,23+,24+,25+,26+,28+/m1/s1. The maximum atomic E-state index is 13.9. The molecule has 0 radical (unpaired) electrons. The van der Waals surface area contributed by atoms with Crippen molar-refractivity contribution in [2.45, 2.75) is 109 Å². The van der Waals surface area contributed by atoms with E-state index in [4.69, 9.17) is 11.5 Å². The van der Waals surface area contributed by atoms with Crippen LogP contribution in [-0.4, -0.2) is 111 Å². The normalized spacial score (nSPS) is 15.3. The lowest BCUT2D eigenvalue weighted by molar-refractivity contribution is -0.142. The minimum atomic E-state index is -1.55. The maximum absolute atomic E-state index is 13.9. The van der Waals surface area contributed by atoms with E-state index < -0.39 is 90.2 Å². The van der Waals surface area contributed by atoms with E-state index in [9.17, 15) is 48.9 Å². The van der Waals surface area contributed by atoms with Crippen LogP contribution in [0, 0.1) is 11.8 Å². The van der Waals surface area contributed by atoms with Gasteiger partial charge in [-0.3, -0.25) is 28.8 Å². The SMILES string of the molecule is CSCC[C@H](NC(=O)[C@H](Cc1ccc(O)cc1)NC(=O)[C@H](CC(C)C)NC(=O)[C@H](CC(N)=O)NC(=O)[C@@H](N)[C@@H](C)O)C(=O)N[C@@H](CC(C)C)C(=O)O. The molecule has 1 rings (SSSR count). The van der Waals surface area contributed by atoms with Crippen LogP contribution in [0.25, 0.3) is 0 Å². The quantitative estimate of drug-likeness (QED) is 0.0636. The number of hydrogen-bond acceptors (Lipinski definition) is 11. The number of nitrogens with two attached hydrogens (primary N) is 2. The average molecular weight is 754 g/mol. The van der Waals surface area contributed by atoms with Crippen LogP contribution >= 0.6 is 11.8 Å². The number of benzene rings is 1. The molecule has 0 unspecified atom stereocenters. The number of rotatable bonds is 23. The fraction of sp³-hybridized carbons (Fsp3) is 0.618. The maximum Gasteiger partial charge on any atom is 0.326 e. The molecule has 0 bridgehead atoms. The second-order valence-corrected chi connectivity index (χ2v) is 14.5. The van der Waals surface area contributed by atoms with Gasteiger partial charge in [-0.1, -0.05) is 39.8 Å². The fourth-order valence-electron chi connectivity index (χ4n) is 4.96.